The van der Waals surface area contributed by atoms with Crippen molar-refractivity contribution >= 4 is 46.7 Å². The standard InChI is InChI=1S/C28H26O4S2/c1-19(15-23-7-3-5-9-25(23)29)27(33)31-17-21-11-13-22(14-12-21)18-32-28(34)20(2)16-24-8-4-6-10-26(24)30/h3-16,29-30H,17-18H2,1-2H3/b19-15+,20-16+. The lowest BCUT2D eigenvalue weighted by Gasteiger charge is -2.11. The molecule has 0 atom stereocenters. The van der Waals surface area contributed by atoms with E-state index in [1.165, 1.54) is 0 Å². The molecule has 0 aliphatic heterocycles. The Labute approximate surface area is 210 Å². The second-order valence-corrected chi connectivity index (χ2v) is 8.48. The third-order valence-corrected chi connectivity index (χ3v) is 5.90. The monoisotopic (exact) mass is 490 g/mol. The Hall–Kier alpha value is -3.48. The van der Waals surface area contributed by atoms with Crippen LogP contribution in [-0.2, 0) is 22.7 Å². The van der Waals surface area contributed by atoms with Crippen LogP contribution in [0.15, 0.2) is 83.9 Å². The van der Waals surface area contributed by atoms with Crippen LogP contribution >= 0.6 is 24.4 Å². The Kier molecular flexibility index (Phi) is 8.96. The van der Waals surface area contributed by atoms with Gasteiger partial charge in [-0.25, -0.2) is 0 Å². The fourth-order valence-corrected chi connectivity index (χ4v) is 3.30. The second-order valence-electron chi connectivity index (χ2n) is 7.74. The van der Waals surface area contributed by atoms with Crippen molar-refractivity contribution in [2.45, 2.75) is 27.1 Å². The molecule has 0 aromatic heterocycles. The minimum absolute atomic E-state index is 0.200. The fourth-order valence-electron chi connectivity index (χ4n) is 3.06. The van der Waals surface area contributed by atoms with E-state index in [2.05, 4.69) is 0 Å². The predicted octanol–water partition coefficient (Wildman–Crippen LogP) is 6.99. The summed E-state index contributed by atoms with van der Waals surface area (Å²) in [6, 6.07) is 22.0. The molecule has 6 heteroatoms. The minimum Gasteiger partial charge on any atom is -0.507 e. The highest BCUT2D eigenvalue weighted by molar-refractivity contribution is 7.80. The second kappa shape index (κ2) is 12.1. The number of rotatable bonds is 8. The van der Waals surface area contributed by atoms with E-state index < -0.39 is 0 Å². The van der Waals surface area contributed by atoms with Crippen molar-refractivity contribution in [1.82, 2.24) is 0 Å². The predicted molar refractivity (Wildman–Crippen MR) is 145 cm³/mol. The average Bonchev–Trinajstić information content (AvgIpc) is 2.84. The molecule has 0 heterocycles. The van der Waals surface area contributed by atoms with Crippen molar-refractivity contribution in [3.63, 3.8) is 0 Å². The van der Waals surface area contributed by atoms with Crippen LogP contribution in [0.1, 0.15) is 36.1 Å². The normalized spacial score (nSPS) is 11.7. The molecule has 0 fully saturated rings. The van der Waals surface area contributed by atoms with Gasteiger partial charge < -0.3 is 19.7 Å². The maximum atomic E-state index is 9.90. The van der Waals surface area contributed by atoms with Crippen LogP contribution in [0, 0.1) is 0 Å². The molecular weight excluding hydrogens is 464 g/mol. The van der Waals surface area contributed by atoms with E-state index in [0.29, 0.717) is 34.4 Å². The maximum absolute atomic E-state index is 9.90. The van der Waals surface area contributed by atoms with Gasteiger partial charge in [-0.05, 0) is 73.7 Å². The zero-order valence-electron chi connectivity index (χ0n) is 19.0. The number of hydrogen-bond donors (Lipinski definition) is 2. The van der Waals surface area contributed by atoms with E-state index in [9.17, 15) is 10.2 Å². The summed E-state index contributed by atoms with van der Waals surface area (Å²) in [6.45, 7) is 4.39. The number of para-hydroxylation sites is 2. The van der Waals surface area contributed by atoms with Gasteiger partial charge in [0, 0.05) is 22.3 Å². The summed E-state index contributed by atoms with van der Waals surface area (Å²) in [7, 11) is 0. The zero-order chi connectivity index (χ0) is 24.5. The number of phenolic OH excluding ortho intramolecular Hbond substituents is 2. The lowest BCUT2D eigenvalue weighted by atomic mass is 10.1. The molecule has 0 amide bonds. The van der Waals surface area contributed by atoms with Crippen LogP contribution in [-0.4, -0.2) is 20.3 Å². The summed E-state index contributed by atoms with van der Waals surface area (Å²) in [5, 5.41) is 20.6. The van der Waals surface area contributed by atoms with Gasteiger partial charge in [0.05, 0.1) is 0 Å². The first-order valence-corrected chi connectivity index (χ1v) is 11.5. The van der Waals surface area contributed by atoms with E-state index in [-0.39, 0.29) is 11.5 Å². The van der Waals surface area contributed by atoms with Gasteiger partial charge in [0.2, 0.25) is 0 Å². The van der Waals surface area contributed by atoms with Gasteiger partial charge in [0.25, 0.3) is 0 Å². The van der Waals surface area contributed by atoms with Crippen LogP contribution in [0.3, 0.4) is 0 Å². The van der Waals surface area contributed by atoms with Crippen LogP contribution in [0.2, 0.25) is 0 Å². The summed E-state index contributed by atoms with van der Waals surface area (Å²) >= 11 is 10.7. The molecule has 0 unspecified atom stereocenters. The van der Waals surface area contributed by atoms with E-state index in [1.54, 1.807) is 36.4 Å². The summed E-state index contributed by atoms with van der Waals surface area (Å²) in [5.41, 5.74) is 4.86. The number of ether oxygens (including phenoxy) is 2. The van der Waals surface area contributed by atoms with Crippen LogP contribution in [0.5, 0.6) is 11.5 Å². The minimum atomic E-state index is 0.200. The molecule has 34 heavy (non-hydrogen) atoms. The molecule has 2 N–H and O–H groups in total. The third kappa shape index (κ3) is 7.27. The molecule has 0 radical (unpaired) electrons. The van der Waals surface area contributed by atoms with E-state index >= 15 is 0 Å². The van der Waals surface area contributed by atoms with Crippen LogP contribution in [0.25, 0.3) is 12.2 Å². The Balaban J connectivity index is 1.50. The molecule has 174 valence electrons. The maximum Gasteiger partial charge on any atom is 0.187 e. The Morgan fingerprint density at radius 1 is 0.647 bits per heavy atom. The Bertz CT molecular complexity index is 1130. The van der Waals surface area contributed by atoms with Crippen LogP contribution in [0.4, 0.5) is 0 Å². The highest BCUT2D eigenvalue weighted by atomic mass is 32.1. The SMILES string of the molecule is C/C(=C\c1ccccc1O)C(=S)OCc1ccc(COC(=S)/C(C)=C/c2ccccc2O)cc1. The number of thiocarbonyl (C=S) groups is 2. The molecule has 0 spiro atoms. The van der Waals surface area contributed by atoms with Gasteiger partial charge in [0.1, 0.15) is 24.7 Å². The van der Waals surface area contributed by atoms with Crippen molar-refractivity contribution in [2.75, 3.05) is 0 Å². The topological polar surface area (TPSA) is 58.9 Å². The molecule has 4 nitrogen and oxygen atoms in total. The molecule has 0 saturated carbocycles. The molecule has 0 saturated heterocycles. The van der Waals surface area contributed by atoms with Gasteiger partial charge in [-0.2, -0.15) is 0 Å². The number of phenols is 2. The van der Waals surface area contributed by atoms with E-state index in [4.69, 9.17) is 33.9 Å². The van der Waals surface area contributed by atoms with Crippen molar-refractivity contribution in [2.24, 2.45) is 0 Å². The van der Waals surface area contributed by atoms with E-state index in [1.807, 2.05) is 62.4 Å². The lowest BCUT2D eigenvalue weighted by Crippen LogP contribution is -2.05. The van der Waals surface area contributed by atoms with E-state index in [0.717, 1.165) is 22.3 Å². The zero-order valence-corrected chi connectivity index (χ0v) is 20.7. The van der Waals surface area contributed by atoms with Gasteiger partial charge in [-0.15, -0.1) is 0 Å². The third-order valence-electron chi connectivity index (χ3n) is 5.02. The Morgan fingerprint density at radius 2 is 1.00 bits per heavy atom. The summed E-state index contributed by atoms with van der Waals surface area (Å²) in [6.07, 6.45) is 3.60. The van der Waals surface area contributed by atoms with Crippen molar-refractivity contribution < 1.29 is 19.7 Å². The molecule has 0 bridgehead atoms. The first kappa shape index (κ1) is 25.1. The summed E-state index contributed by atoms with van der Waals surface area (Å²) < 4.78 is 11.5. The summed E-state index contributed by atoms with van der Waals surface area (Å²) in [5.74, 6) is 0.400. The molecule has 3 aromatic rings. The molecule has 0 aliphatic rings. The van der Waals surface area contributed by atoms with Gasteiger partial charge in [0.15, 0.2) is 10.1 Å². The average molecular weight is 491 g/mol. The first-order chi connectivity index (χ1) is 16.3. The molecule has 3 rings (SSSR count). The van der Waals surface area contributed by atoms with Crippen molar-refractivity contribution in [3.05, 3.63) is 106 Å². The fraction of sp³-hybridized carbons (Fsp3) is 0.143. The number of benzene rings is 3. The van der Waals surface area contributed by atoms with Crippen LogP contribution < -0.4 is 0 Å². The number of aromatic hydroxyl groups is 2. The summed E-state index contributed by atoms with van der Waals surface area (Å²) in [4.78, 5) is 0. The van der Waals surface area contributed by atoms with Gasteiger partial charge in [-0.3, -0.25) is 0 Å². The molecular formula is C28H26O4S2. The van der Waals surface area contributed by atoms with Crippen molar-refractivity contribution in [3.8, 4) is 11.5 Å². The van der Waals surface area contributed by atoms with Gasteiger partial charge >= 0.3 is 0 Å². The van der Waals surface area contributed by atoms with Crippen molar-refractivity contribution in [1.29, 1.82) is 0 Å². The smallest absolute Gasteiger partial charge is 0.187 e. The highest BCUT2D eigenvalue weighted by Gasteiger charge is 2.06. The molecule has 0 aliphatic carbocycles. The Morgan fingerprint density at radius 3 is 1.35 bits per heavy atom. The lowest BCUT2D eigenvalue weighted by molar-refractivity contribution is 0.298. The molecule has 3 aromatic carbocycles. The number of hydrogen-bond acceptors (Lipinski definition) is 6. The first-order valence-electron chi connectivity index (χ1n) is 10.7. The quantitative estimate of drug-likeness (QED) is 0.262. The highest BCUT2D eigenvalue weighted by Crippen LogP contribution is 2.21. The largest absolute Gasteiger partial charge is 0.507 e. The van der Waals surface area contributed by atoms with Gasteiger partial charge in [-0.1, -0.05) is 60.7 Å².